The van der Waals surface area contributed by atoms with Crippen LogP contribution in [0.25, 0.3) is 22.3 Å². The van der Waals surface area contributed by atoms with Gasteiger partial charge in [-0.05, 0) is 82.7 Å². The van der Waals surface area contributed by atoms with Crippen LogP contribution in [0.4, 0.5) is 0 Å². The first-order valence-electron chi connectivity index (χ1n) is 11.8. The van der Waals surface area contributed by atoms with Crippen LogP contribution >= 0.6 is 0 Å². The molecule has 1 aliphatic carbocycles. The molecule has 4 rings (SSSR count). The van der Waals surface area contributed by atoms with Gasteiger partial charge in [-0.15, -0.1) is 0 Å². The second-order valence-corrected chi connectivity index (χ2v) is 8.75. The number of aromatic carboxylic acids is 2. The van der Waals surface area contributed by atoms with Crippen LogP contribution in [0.15, 0.2) is 54.6 Å². The molecule has 0 aliphatic heterocycles. The second kappa shape index (κ2) is 9.62. The molecule has 0 aromatic heterocycles. The third-order valence-corrected chi connectivity index (χ3v) is 6.91. The van der Waals surface area contributed by atoms with Crippen molar-refractivity contribution in [3.63, 3.8) is 0 Å². The molecule has 0 atom stereocenters. The molecule has 0 saturated heterocycles. The fourth-order valence-corrected chi connectivity index (χ4v) is 5.43. The zero-order valence-electron chi connectivity index (χ0n) is 19.2. The molecule has 0 unspecified atom stereocenters. The average Bonchev–Trinajstić information content (AvgIpc) is 3.37. The van der Waals surface area contributed by atoms with E-state index in [1.165, 1.54) is 11.1 Å². The summed E-state index contributed by atoms with van der Waals surface area (Å²) in [6.07, 6.45) is 6.03. The number of carbonyl (C=O) groups is 2. The van der Waals surface area contributed by atoms with Crippen molar-refractivity contribution >= 4 is 11.9 Å². The standard InChI is InChI=1S/C29H30O4/c1-3-18-17-19(4-2)26(21-13-7-9-15-23(21)28(30)31)27(25(18)20-11-5-6-12-20)22-14-8-10-16-24(22)29(32)33/h7-10,13-17,20H,3-6,11-12H2,1-2H3,(H,30,31)(H,32,33). The van der Waals surface area contributed by atoms with Crippen molar-refractivity contribution in [2.75, 3.05) is 0 Å². The predicted molar refractivity (Wildman–Crippen MR) is 131 cm³/mol. The van der Waals surface area contributed by atoms with E-state index in [9.17, 15) is 19.8 Å². The number of aryl methyl sites for hydroxylation is 2. The van der Waals surface area contributed by atoms with Crippen LogP contribution in [0, 0.1) is 0 Å². The Bertz CT molecular complexity index is 1200. The molecule has 1 fully saturated rings. The van der Waals surface area contributed by atoms with Crippen LogP contribution < -0.4 is 0 Å². The van der Waals surface area contributed by atoms with Crippen molar-refractivity contribution in [1.29, 1.82) is 0 Å². The molecule has 0 radical (unpaired) electrons. The number of carboxylic acids is 2. The largest absolute Gasteiger partial charge is 0.478 e. The SMILES string of the molecule is CCc1cc(CC)c(C2CCCC2)c(-c2ccccc2C(=O)O)c1-c1ccccc1C(=O)O. The topological polar surface area (TPSA) is 74.6 Å². The highest BCUT2D eigenvalue weighted by molar-refractivity contribution is 6.04. The van der Waals surface area contributed by atoms with Gasteiger partial charge in [-0.3, -0.25) is 0 Å². The Morgan fingerprint density at radius 2 is 1.24 bits per heavy atom. The molecule has 3 aromatic rings. The lowest BCUT2D eigenvalue weighted by atomic mass is 9.76. The minimum atomic E-state index is -0.980. The van der Waals surface area contributed by atoms with E-state index in [0.717, 1.165) is 55.2 Å². The van der Waals surface area contributed by atoms with Gasteiger partial charge in [0.2, 0.25) is 0 Å². The van der Waals surface area contributed by atoms with Crippen LogP contribution in [-0.4, -0.2) is 22.2 Å². The third-order valence-electron chi connectivity index (χ3n) is 6.91. The number of benzene rings is 3. The van der Waals surface area contributed by atoms with Crippen molar-refractivity contribution in [2.24, 2.45) is 0 Å². The van der Waals surface area contributed by atoms with E-state index in [4.69, 9.17) is 0 Å². The van der Waals surface area contributed by atoms with Crippen molar-refractivity contribution in [3.05, 3.63) is 82.4 Å². The van der Waals surface area contributed by atoms with E-state index in [0.29, 0.717) is 17.0 Å². The Balaban J connectivity index is 2.21. The molecular weight excluding hydrogens is 412 g/mol. The van der Waals surface area contributed by atoms with E-state index in [1.54, 1.807) is 24.3 Å². The van der Waals surface area contributed by atoms with Crippen molar-refractivity contribution in [2.45, 2.75) is 58.3 Å². The lowest BCUT2D eigenvalue weighted by Gasteiger charge is -2.27. The first-order chi connectivity index (χ1) is 16.0. The summed E-state index contributed by atoms with van der Waals surface area (Å²) in [4.78, 5) is 24.5. The van der Waals surface area contributed by atoms with Crippen molar-refractivity contribution in [1.82, 2.24) is 0 Å². The number of rotatable bonds is 7. The zero-order valence-corrected chi connectivity index (χ0v) is 19.2. The quantitative estimate of drug-likeness (QED) is 0.406. The Hall–Kier alpha value is -3.40. The molecule has 3 aromatic carbocycles. The first-order valence-corrected chi connectivity index (χ1v) is 11.8. The minimum absolute atomic E-state index is 0.239. The Labute approximate surface area is 194 Å². The zero-order chi connectivity index (χ0) is 23.5. The monoisotopic (exact) mass is 442 g/mol. The van der Waals surface area contributed by atoms with Gasteiger partial charge in [0, 0.05) is 0 Å². The summed E-state index contributed by atoms with van der Waals surface area (Å²) in [5, 5.41) is 20.0. The Morgan fingerprint density at radius 1 is 0.758 bits per heavy atom. The molecule has 1 aliphatic rings. The van der Waals surface area contributed by atoms with Crippen LogP contribution in [0.1, 0.15) is 82.9 Å². The fraction of sp³-hybridized carbons (Fsp3) is 0.310. The van der Waals surface area contributed by atoms with Crippen LogP contribution in [-0.2, 0) is 12.8 Å². The second-order valence-electron chi connectivity index (χ2n) is 8.75. The van der Waals surface area contributed by atoms with E-state index < -0.39 is 11.9 Å². The summed E-state index contributed by atoms with van der Waals surface area (Å²) in [7, 11) is 0. The highest BCUT2D eigenvalue weighted by Crippen LogP contribution is 2.48. The van der Waals surface area contributed by atoms with E-state index in [1.807, 2.05) is 24.3 Å². The highest BCUT2D eigenvalue weighted by Gasteiger charge is 2.30. The molecule has 33 heavy (non-hydrogen) atoms. The van der Waals surface area contributed by atoms with Gasteiger partial charge in [0.05, 0.1) is 11.1 Å². The van der Waals surface area contributed by atoms with Gasteiger partial charge < -0.3 is 10.2 Å². The van der Waals surface area contributed by atoms with Crippen molar-refractivity contribution < 1.29 is 19.8 Å². The normalized spacial score (nSPS) is 13.9. The molecule has 0 amide bonds. The molecule has 0 heterocycles. The summed E-state index contributed by atoms with van der Waals surface area (Å²) >= 11 is 0. The summed E-state index contributed by atoms with van der Waals surface area (Å²) in [5.74, 6) is -1.61. The summed E-state index contributed by atoms with van der Waals surface area (Å²) in [6.45, 7) is 4.22. The average molecular weight is 443 g/mol. The molecule has 1 saturated carbocycles. The summed E-state index contributed by atoms with van der Waals surface area (Å²) in [6, 6.07) is 16.5. The fourth-order valence-electron chi connectivity index (χ4n) is 5.43. The number of hydrogen-bond acceptors (Lipinski definition) is 2. The number of hydrogen-bond donors (Lipinski definition) is 2. The van der Waals surface area contributed by atoms with Gasteiger partial charge in [-0.25, -0.2) is 9.59 Å². The summed E-state index contributed by atoms with van der Waals surface area (Å²) in [5.41, 5.74) is 7.09. The molecule has 2 N–H and O–H groups in total. The molecule has 4 nitrogen and oxygen atoms in total. The Kier molecular flexibility index (Phi) is 6.64. The van der Waals surface area contributed by atoms with Gasteiger partial charge in [0.25, 0.3) is 0 Å². The maximum absolute atomic E-state index is 12.3. The maximum Gasteiger partial charge on any atom is 0.336 e. The van der Waals surface area contributed by atoms with E-state index >= 15 is 0 Å². The van der Waals surface area contributed by atoms with Gasteiger partial charge >= 0.3 is 11.9 Å². The van der Waals surface area contributed by atoms with Crippen LogP contribution in [0.3, 0.4) is 0 Å². The van der Waals surface area contributed by atoms with Crippen LogP contribution in [0.2, 0.25) is 0 Å². The van der Waals surface area contributed by atoms with Gasteiger partial charge in [0.15, 0.2) is 0 Å². The smallest absolute Gasteiger partial charge is 0.336 e. The van der Waals surface area contributed by atoms with E-state index in [-0.39, 0.29) is 11.1 Å². The van der Waals surface area contributed by atoms with Gasteiger partial charge in [-0.1, -0.05) is 69.2 Å². The molecule has 0 spiro atoms. The molecule has 4 heteroatoms. The molecule has 170 valence electrons. The lowest BCUT2D eigenvalue weighted by Crippen LogP contribution is -2.10. The first kappa shape index (κ1) is 22.8. The predicted octanol–water partition coefficient (Wildman–Crippen LogP) is 7.20. The lowest BCUT2D eigenvalue weighted by molar-refractivity contribution is 0.0686. The van der Waals surface area contributed by atoms with Crippen LogP contribution in [0.5, 0.6) is 0 Å². The molecular formula is C29H30O4. The number of carboxylic acid groups (broad SMARTS) is 2. The van der Waals surface area contributed by atoms with Gasteiger partial charge in [0.1, 0.15) is 0 Å². The van der Waals surface area contributed by atoms with E-state index in [2.05, 4.69) is 19.9 Å². The molecule has 0 bridgehead atoms. The van der Waals surface area contributed by atoms with Gasteiger partial charge in [-0.2, -0.15) is 0 Å². The third kappa shape index (κ3) is 4.18. The summed E-state index contributed by atoms with van der Waals surface area (Å²) < 4.78 is 0. The highest BCUT2D eigenvalue weighted by atomic mass is 16.4. The van der Waals surface area contributed by atoms with Crippen molar-refractivity contribution in [3.8, 4) is 22.3 Å². The minimum Gasteiger partial charge on any atom is -0.478 e. The Morgan fingerprint density at radius 3 is 1.73 bits per heavy atom. The maximum atomic E-state index is 12.3.